The predicted molar refractivity (Wildman–Crippen MR) is 93.5 cm³/mol. The molecule has 0 aromatic carbocycles. The Morgan fingerprint density at radius 2 is 1.88 bits per heavy atom. The van der Waals surface area contributed by atoms with Gasteiger partial charge in [-0.25, -0.2) is 0 Å². The van der Waals surface area contributed by atoms with Gasteiger partial charge in [-0.1, -0.05) is 19.0 Å². The molecule has 0 aliphatic heterocycles. The molecule has 4 fully saturated rings. The highest BCUT2D eigenvalue weighted by atomic mass is 16.4. The lowest BCUT2D eigenvalue weighted by Crippen LogP contribution is -2.58. The van der Waals surface area contributed by atoms with E-state index in [1.807, 2.05) is 0 Å². The molecule has 0 bridgehead atoms. The van der Waals surface area contributed by atoms with Gasteiger partial charge in [0.05, 0.1) is 17.7 Å². The van der Waals surface area contributed by atoms with E-state index in [1.54, 1.807) is 0 Å². The van der Waals surface area contributed by atoms with Crippen molar-refractivity contribution in [3.05, 3.63) is 0 Å². The first-order valence-corrected chi connectivity index (χ1v) is 9.93. The summed E-state index contributed by atoms with van der Waals surface area (Å²) in [5, 5.41) is 33.4. The van der Waals surface area contributed by atoms with Crippen LogP contribution in [0.15, 0.2) is 5.16 Å². The van der Waals surface area contributed by atoms with Crippen molar-refractivity contribution in [2.75, 3.05) is 0 Å². The van der Waals surface area contributed by atoms with E-state index in [9.17, 15) is 20.2 Å². The third kappa shape index (κ3) is 2.30. The third-order valence-electron chi connectivity index (χ3n) is 8.77. The highest BCUT2D eigenvalue weighted by Gasteiger charge is 2.63. The van der Waals surface area contributed by atoms with Crippen molar-refractivity contribution in [3.8, 4) is 0 Å². The van der Waals surface area contributed by atoms with Crippen molar-refractivity contribution in [3.63, 3.8) is 0 Å². The number of aliphatic hydroxyl groups is 1. The smallest absolute Gasteiger partial charge is 0.307 e. The van der Waals surface area contributed by atoms with Crippen LogP contribution in [-0.4, -0.2) is 33.2 Å². The maximum atomic E-state index is 11.8. The number of hydrogen-bond acceptors (Lipinski definition) is 4. The van der Waals surface area contributed by atoms with Gasteiger partial charge in [-0.15, -0.1) is 0 Å². The molecule has 0 aromatic rings. The molecule has 4 aliphatic carbocycles. The second-order valence-electron chi connectivity index (χ2n) is 9.70. The van der Waals surface area contributed by atoms with Gasteiger partial charge >= 0.3 is 5.97 Å². The SMILES string of the molecule is C[C@]12CC[C@@H](O)C[C@@H]1CC[C@H]1[C@@H]3CC[C@H](C(=O)O)[C@@]3(C)C/C(=N/O)[C@@H]12. The largest absolute Gasteiger partial charge is 0.481 e. The van der Waals surface area contributed by atoms with E-state index in [0.717, 1.165) is 50.7 Å². The lowest BCUT2D eigenvalue weighted by molar-refractivity contribution is -0.147. The van der Waals surface area contributed by atoms with Crippen LogP contribution in [0, 0.1) is 40.4 Å². The van der Waals surface area contributed by atoms with Gasteiger partial charge in [-0.3, -0.25) is 4.79 Å². The van der Waals surface area contributed by atoms with E-state index in [1.165, 1.54) is 0 Å². The van der Waals surface area contributed by atoms with E-state index in [-0.39, 0.29) is 28.8 Å². The number of carboxylic acid groups (broad SMARTS) is 1. The zero-order valence-electron chi connectivity index (χ0n) is 15.3. The first-order valence-electron chi connectivity index (χ1n) is 9.93. The molecule has 3 N–H and O–H groups in total. The topological polar surface area (TPSA) is 90.1 Å². The molecule has 0 unspecified atom stereocenters. The maximum absolute atomic E-state index is 11.8. The average molecular weight is 349 g/mol. The fourth-order valence-corrected chi connectivity index (χ4v) is 7.59. The molecule has 4 saturated carbocycles. The Balaban J connectivity index is 1.72. The molecular weight excluding hydrogens is 318 g/mol. The predicted octanol–water partition coefficient (Wildman–Crippen LogP) is 3.53. The van der Waals surface area contributed by atoms with E-state index in [0.29, 0.717) is 24.2 Å². The molecule has 0 radical (unpaired) electrons. The standard InChI is InChI=1S/C20H31NO4/c1-19-8-7-12(22)9-11(19)3-4-13-14-5-6-15(18(23)24)20(14,2)10-16(21-25)17(13)19/h11-15,17,22,25H,3-10H2,1-2H3,(H,23,24)/b21-16-/t11-,12+,13-,14-,15+,17+,19-,20-/m0/s1. The molecule has 4 aliphatic rings. The first kappa shape index (κ1) is 17.3. The molecule has 0 aromatic heterocycles. The fraction of sp³-hybridized carbons (Fsp3) is 0.900. The van der Waals surface area contributed by atoms with Crippen molar-refractivity contribution >= 4 is 11.7 Å². The van der Waals surface area contributed by atoms with Gasteiger partial charge in [0, 0.05) is 5.92 Å². The normalized spacial score (nSPS) is 53.8. The third-order valence-corrected chi connectivity index (χ3v) is 8.77. The van der Waals surface area contributed by atoms with Gasteiger partial charge in [0.2, 0.25) is 0 Å². The molecule has 25 heavy (non-hydrogen) atoms. The summed E-state index contributed by atoms with van der Waals surface area (Å²) in [6.45, 7) is 4.45. The zero-order chi connectivity index (χ0) is 18.0. The number of hydrogen-bond donors (Lipinski definition) is 3. The van der Waals surface area contributed by atoms with Gasteiger partial charge in [0.25, 0.3) is 0 Å². The number of aliphatic carboxylic acids is 1. The molecule has 0 heterocycles. The Bertz CT molecular complexity index is 605. The first-order chi connectivity index (χ1) is 11.8. The molecule has 0 spiro atoms. The Morgan fingerprint density at radius 1 is 1.12 bits per heavy atom. The van der Waals surface area contributed by atoms with Crippen LogP contribution < -0.4 is 0 Å². The number of carbonyl (C=O) groups is 1. The van der Waals surface area contributed by atoms with E-state index in [4.69, 9.17) is 0 Å². The van der Waals surface area contributed by atoms with Crippen LogP contribution in [0.25, 0.3) is 0 Å². The number of fused-ring (bicyclic) bond motifs is 5. The van der Waals surface area contributed by atoms with Crippen LogP contribution in [0.5, 0.6) is 0 Å². The summed E-state index contributed by atoms with van der Waals surface area (Å²) in [7, 11) is 0. The highest BCUT2D eigenvalue weighted by Crippen LogP contribution is 2.66. The van der Waals surface area contributed by atoms with Crippen LogP contribution in [0.4, 0.5) is 0 Å². The molecule has 5 heteroatoms. The van der Waals surface area contributed by atoms with Crippen LogP contribution >= 0.6 is 0 Å². The summed E-state index contributed by atoms with van der Waals surface area (Å²) in [4.78, 5) is 11.8. The van der Waals surface area contributed by atoms with Crippen LogP contribution in [0.3, 0.4) is 0 Å². The fourth-order valence-electron chi connectivity index (χ4n) is 7.59. The van der Waals surface area contributed by atoms with Gasteiger partial charge in [-0.2, -0.15) is 0 Å². The van der Waals surface area contributed by atoms with Crippen molar-refractivity contribution in [2.45, 2.75) is 71.3 Å². The quantitative estimate of drug-likeness (QED) is 0.499. The lowest BCUT2D eigenvalue weighted by atomic mass is 9.44. The van der Waals surface area contributed by atoms with Crippen LogP contribution in [0.1, 0.15) is 65.2 Å². The Labute approximate surface area is 149 Å². The van der Waals surface area contributed by atoms with Crippen molar-refractivity contribution in [1.29, 1.82) is 0 Å². The number of oxime groups is 1. The summed E-state index contributed by atoms with van der Waals surface area (Å²) >= 11 is 0. The Kier molecular flexibility index (Phi) is 3.95. The minimum atomic E-state index is -0.693. The highest BCUT2D eigenvalue weighted by molar-refractivity contribution is 5.90. The van der Waals surface area contributed by atoms with Crippen LogP contribution in [-0.2, 0) is 4.79 Å². The number of carboxylic acids is 1. The Hall–Kier alpha value is -1.10. The van der Waals surface area contributed by atoms with Crippen LogP contribution in [0.2, 0.25) is 0 Å². The molecule has 140 valence electrons. The summed E-state index contributed by atoms with van der Waals surface area (Å²) in [6, 6.07) is 0. The molecule has 8 atom stereocenters. The van der Waals surface area contributed by atoms with E-state index >= 15 is 0 Å². The lowest BCUT2D eigenvalue weighted by Gasteiger charge is -2.60. The van der Waals surface area contributed by atoms with Gasteiger partial charge in [0.1, 0.15) is 0 Å². The zero-order valence-corrected chi connectivity index (χ0v) is 15.3. The average Bonchev–Trinajstić information content (AvgIpc) is 2.91. The molecule has 0 saturated heterocycles. The number of aliphatic hydroxyl groups excluding tert-OH is 1. The maximum Gasteiger partial charge on any atom is 0.307 e. The molecule has 0 amide bonds. The summed E-state index contributed by atoms with van der Waals surface area (Å²) in [6.07, 6.45) is 6.99. The second-order valence-corrected chi connectivity index (χ2v) is 9.70. The van der Waals surface area contributed by atoms with Gasteiger partial charge in [0.15, 0.2) is 0 Å². The summed E-state index contributed by atoms with van der Waals surface area (Å²) < 4.78 is 0. The Morgan fingerprint density at radius 3 is 2.56 bits per heavy atom. The summed E-state index contributed by atoms with van der Waals surface area (Å²) in [5.74, 6) is 0.541. The molecule has 4 rings (SSSR count). The van der Waals surface area contributed by atoms with Crippen molar-refractivity contribution < 1.29 is 20.2 Å². The van der Waals surface area contributed by atoms with Crippen molar-refractivity contribution in [1.82, 2.24) is 0 Å². The number of rotatable bonds is 1. The van der Waals surface area contributed by atoms with Gasteiger partial charge in [-0.05, 0) is 80.0 Å². The molecular formula is C20H31NO4. The number of nitrogens with zero attached hydrogens (tertiary/aromatic N) is 1. The summed E-state index contributed by atoms with van der Waals surface area (Å²) in [5.41, 5.74) is 0.624. The monoisotopic (exact) mass is 349 g/mol. The van der Waals surface area contributed by atoms with Gasteiger partial charge < -0.3 is 15.4 Å². The minimum absolute atomic E-state index is 0.0757. The van der Waals surface area contributed by atoms with Crippen molar-refractivity contribution in [2.24, 2.45) is 45.6 Å². The van der Waals surface area contributed by atoms with E-state index < -0.39 is 5.97 Å². The van der Waals surface area contributed by atoms with E-state index in [2.05, 4.69) is 19.0 Å². The molecule has 5 nitrogen and oxygen atoms in total. The second kappa shape index (κ2) is 5.70. The minimum Gasteiger partial charge on any atom is -0.481 e.